The Hall–Kier alpha value is -0.120. The van der Waals surface area contributed by atoms with E-state index in [0.717, 1.165) is 19.0 Å². The first-order chi connectivity index (χ1) is 6.65. The van der Waals surface area contributed by atoms with Gasteiger partial charge in [0.25, 0.3) is 0 Å². The van der Waals surface area contributed by atoms with Crippen LogP contribution in [-0.2, 0) is 0 Å². The van der Waals surface area contributed by atoms with Gasteiger partial charge in [0.05, 0.1) is 6.10 Å². The topological polar surface area (TPSA) is 35.5 Å². The van der Waals surface area contributed by atoms with Crippen LogP contribution in [0.15, 0.2) is 0 Å². The van der Waals surface area contributed by atoms with Gasteiger partial charge in [-0.15, -0.1) is 0 Å². The number of aliphatic hydroxyl groups is 1. The van der Waals surface area contributed by atoms with Crippen LogP contribution < -0.4 is 5.32 Å². The maximum Gasteiger partial charge on any atom is 0.0791 e. The fraction of sp³-hybridized carbons (Fsp3) is 1.00. The van der Waals surface area contributed by atoms with E-state index in [2.05, 4.69) is 31.1 Å². The Labute approximate surface area is 87.5 Å². The van der Waals surface area contributed by atoms with Crippen molar-refractivity contribution in [2.24, 2.45) is 5.92 Å². The average molecular weight is 200 g/mol. The lowest BCUT2D eigenvalue weighted by Crippen LogP contribution is -2.41. The summed E-state index contributed by atoms with van der Waals surface area (Å²) in [5, 5.41) is 12.9. The molecule has 2 unspecified atom stereocenters. The standard InChI is InChI=1S/C11H24N2O/c1-4-12-7-11(14)8-13(3)9(2)10-5-6-10/h9-12,14H,4-8H2,1-3H3. The normalized spacial score (nSPS) is 21.2. The highest BCUT2D eigenvalue weighted by molar-refractivity contribution is 4.84. The smallest absolute Gasteiger partial charge is 0.0791 e. The Morgan fingerprint density at radius 2 is 2.14 bits per heavy atom. The lowest BCUT2D eigenvalue weighted by Gasteiger charge is -2.27. The van der Waals surface area contributed by atoms with Crippen LogP contribution in [-0.4, -0.2) is 48.8 Å². The fourth-order valence-corrected chi connectivity index (χ4v) is 1.81. The summed E-state index contributed by atoms with van der Waals surface area (Å²) in [5.74, 6) is 0.881. The zero-order valence-electron chi connectivity index (χ0n) is 9.66. The van der Waals surface area contributed by atoms with E-state index in [-0.39, 0.29) is 6.10 Å². The molecule has 0 aromatic rings. The van der Waals surface area contributed by atoms with Crippen LogP contribution >= 0.6 is 0 Å². The minimum atomic E-state index is -0.235. The number of hydrogen-bond acceptors (Lipinski definition) is 3. The van der Waals surface area contributed by atoms with Crippen molar-refractivity contribution in [1.82, 2.24) is 10.2 Å². The van der Waals surface area contributed by atoms with Gasteiger partial charge in [0, 0.05) is 19.1 Å². The first kappa shape index (κ1) is 12.0. The highest BCUT2D eigenvalue weighted by Crippen LogP contribution is 2.34. The number of hydrogen-bond donors (Lipinski definition) is 2. The number of nitrogens with zero attached hydrogens (tertiary/aromatic N) is 1. The van der Waals surface area contributed by atoms with Gasteiger partial charge < -0.3 is 15.3 Å². The molecule has 0 saturated heterocycles. The third kappa shape index (κ3) is 3.95. The van der Waals surface area contributed by atoms with Crippen molar-refractivity contribution in [3.63, 3.8) is 0 Å². The maximum atomic E-state index is 9.70. The summed E-state index contributed by atoms with van der Waals surface area (Å²) in [4.78, 5) is 2.28. The fourth-order valence-electron chi connectivity index (χ4n) is 1.81. The first-order valence-corrected chi connectivity index (χ1v) is 5.74. The molecule has 0 aromatic carbocycles. The number of nitrogens with one attached hydrogen (secondary N) is 1. The van der Waals surface area contributed by atoms with Gasteiger partial charge >= 0.3 is 0 Å². The molecule has 1 rings (SSSR count). The van der Waals surface area contributed by atoms with Crippen LogP contribution in [0, 0.1) is 5.92 Å². The van der Waals surface area contributed by atoms with Gasteiger partial charge in [0.15, 0.2) is 0 Å². The lowest BCUT2D eigenvalue weighted by molar-refractivity contribution is 0.102. The number of likely N-dealkylation sites (N-methyl/N-ethyl adjacent to an activating group) is 2. The van der Waals surface area contributed by atoms with E-state index in [9.17, 15) is 5.11 Å². The molecule has 2 atom stereocenters. The van der Waals surface area contributed by atoms with Crippen molar-refractivity contribution in [1.29, 1.82) is 0 Å². The van der Waals surface area contributed by atoms with Crippen molar-refractivity contribution in [3.8, 4) is 0 Å². The first-order valence-electron chi connectivity index (χ1n) is 5.74. The Balaban J connectivity index is 2.14. The van der Waals surface area contributed by atoms with E-state index in [4.69, 9.17) is 0 Å². The lowest BCUT2D eigenvalue weighted by atomic mass is 10.2. The van der Waals surface area contributed by atoms with Crippen LogP contribution in [0.4, 0.5) is 0 Å². The zero-order chi connectivity index (χ0) is 10.6. The molecule has 0 aromatic heterocycles. The second kappa shape index (κ2) is 5.69. The molecule has 0 spiro atoms. The molecule has 3 nitrogen and oxygen atoms in total. The monoisotopic (exact) mass is 200 g/mol. The molecule has 1 fully saturated rings. The van der Waals surface area contributed by atoms with Crippen LogP contribution in [0.25, 0.3) is 0 Å². The second-order valence-corrected chi connectivity index (χ2v) is 4.48. The van der Waals surface area contributed by atoms with E-state index in [0.29, 0.717) is 12.6 Å². The van der Waals surface area contributed by atoms with Crippen LogP contribution in [0.5, 0.6) is 0 Å². The zero-order valence-corrected chi connectivity index (χ0v) is 9.66. The molecule has 1 aliphatic rings. The third-order valence-corrected chi connectivity index (χ3v) is 3.13. The molecule has 14 heavy (non-hydrogen) atoms. The van der Waals surface area contributed by atoms with Crippen molar-refractivity contribution in [2.75, 3.05) is 26.7 Å². The molecule has 1 saturated carbocycles. The van der Waals surface area contributed by atoms with E-state index in [1.54, 1.807) is 0 Å². The van der Waals surface area contributed by atoms with Gasteiger partial charge in [-0.1, -0.05) is 6.92 Å². The van der Waals surface area contributed by atoms with Gasteiger partial charge in [-0.25, -0.2) is 0 Å². The van der Waals surface area contributed by atoms with E-state index < -0.39 is 0 Å². The van der Waals surface area contributed by atoms with Crippen molar-refractivity contribution in [3.05, 3.63) is 0 Å². The summed E-state index contributed by atoms with van der Waals surface area (Å²) in [7, 11) is 2.11. The summed E-state index contributed by atoms with van der Waals surface area (Å²) in [6, 6.07) is 0.631. The Bertz CT molecular complexity index is 159. The van der Waals surface area contributed by atoms with Gasteiger partial charge in [0.1, 0.15) is 0 Å². The average Bonchev–Trinajstić information content (AvgIpc) is 2.96. The van der Waals surface area contributed by atoms with Crippen LogP contribution in [0.1, 0.15) is 26.7 Å². The predicted molar refractivity (Wildman–Crippen MR) is 59.4 cm³/mol. The summed E-state index contributed by atoms with van der Waals surface area (Å²) in [6.07, 6.45) is 2.50. The summed E-state index contributed by atoms with van der Waals surface area (Å²) in [6.45, 7) is 6.74. The Kier molecular flexibility index (Phi) is 4.85. The molecule has 0 amide bonds. The van der Waals surface area contributed by atoms with Gasteiger partial charge in [-0.2, -0.15) is 0 Å². The molecule has 2 N–H and O–H groups in total. The molecule has 0 aliphatic heterocycles. The van der Waals surface area contributed by atoms with Gasteiger partial charge in [-0.05, 0) is 39.3 Å². The molecule has 0 bridgehead atoms. The van der Waals surface area contributed by atoms with E-state index >= 15 is 0 Å². The summed E-state index contributed by atoms with van der Waals surface area (Å²) >= 11 is 0. The van der Waals surface area contributed by atoms with Crippen molar-refractivity contribution >= 4 is 0 Å². The molecular formula is C11H24N2O. The quantitative estimate of drug-likeness (QED) is 0.634. The molecular weight excluding hydrogens is 176 g/mol. The SMILES string of the molecule is CCNCC(O)CN(C)C(C)C1CC1. The van der Waals surface area contributed by atoms with Gasteiger partial charge in [-0.3, -0.25) is 0 Å². The minimum absolute atomic E-state index is 0.235. The van der Waals surface area contributed by atoms with Crippen LogP contribution in [0.2, 0.25) is 0 Å². The maximum absolute atomic E-state index is 9.70. The van der Waals surface area contributed by atoms with E-state index in [1.165, 1.54) is 12.8 Å². The molecule has 1 aliphatic carbocycles. The van der Waals surface area contributed by atoms with Crippen LogP contribution in [0.3, 0.4) is 0 Å². The summed E-state index contributed by atoms with van der Waals surface area (Å²) in [5.41, 5.74) is 0. The van der Waals surface area contributed by atoms with Gasteiger partial charge in [0.2, 0.25) is 0 Å². The molecule has 0 radical (unpaired) electrons. The summed E-state index contributed by atoms with van der Waals surface area (Å²) < 4.78 is 0. The van der Waals surface area contributed by atoms with Crippen molar-refractivity contribution < 1.29 is 5.11 Å². The Morgan fingerprint density at radius 1 is 1.50 bits per heavy atom. The molecule has 84 valence electrons. The Morgan fingerprint density at radius 3 is 2.64 bits per heavy atom. The highest BCUT2D eigenvalue weighted by atomic mass is 16.3. The van der Waals surface area contributed by atoms with Crippen molar-refractivity contribution in [2.45, 2.75) is 38.8 Å². The third-order valence-electron chi connectivity index (χ3n) is 3.13. The number of aliphatic hydroxyl groups excluding tert-OH is 1. The van der Waals surface area contributed by atoms with E-state index in [1.807, 2.05) is 0 Å². The highest BCUT2D eigenvalue weighted by Gasteiger charge is 2.30. The number of rotatable bonds is 7. The second-order valence-electron chi connectivity index (χ2n) is 4.48. The predicted octanol–water partition coefficient (Wildman–Crippen LogP) is 0.687. The minimum Gasteiger partial charge on any atom is -0.390 e. The molecule has 3 heteroatoms. The largest absolute Gasteiger partial charge is 0.390 e. The molecule has 0 heterocycles.